The molecule has 3 heteroatoms. The molecule has 1 N–H and O–H groups in total. The van der Waals surface area contributed by atoms with E-state index < -0.39 is 0 Å². The smallest absolute Gasteiger partial charge is 0.118 e. The van der Waals surface area contributed by atoms with E-state index in [0.29, 0.717) is 5.92 Å². The number of nitrogens with zero attached hydrogens (tertiary/aromatic N) is 1. The van der Waals surface area contributed by atoms with Gasteiger partial charge in [-0.2, -0.15) is 0 Å². The molecule has 1 aromatic rings. The zero-order valence-electron chi connectivity index (χ0n) is 13.5. The third kappa shape index (κ3) is 4.64. The lowest BCUT2D eigenvalue weighted by molar-refractivity contribution is 0.124. The van der Waals surface area contributed by atoms with Crippen LogP contribution >= 0.6 is 0 Å². The highest BCUT2D eigenvalue weighted by Crippen LogP contribution is 2.24. The summed E-state index contributed by atoms with van der Waals surface area (Å²) in [5, 5.41) is 3.42. The summed E-state index contributed by atoms with van der Waals surface area (Å²) in [7, 11) is 0. The van der Waals surface area contributed by atoms with Crippen molar-refractivity contribution in [2.45, 2.75) is 47.2 Å². The minimum Gasteiger partial charge on any atom is -0.463 e. The molecule has 1 aliphatic heterocycles. The molecule has 0 aromatic carbocycles. The molecule has 1 fully saturated rings. The molecule has 0 aliphatic carbocycles. The third-order valence-electron chi connectivity index (χ3n) is 4.37. The Kier molecular flexibility index (Phi) is 5.67. The van der Waals surface area contributed by atoms with Crippen LogP contribution in [0, 0.1) is 17.8 Å². The molecule has 20 heavy (non-hydrogen) atoms. The second-order valence-corrected chi connectivity index (χ2v) is 6.87. The van der Waals surface area contributed by atoms with Crippen molar-refractivity contribution in [3.63, 3.8) is 0 Å². The first-order valence-electron chi connectivity index (χ1n) is 8.05. The molecule has 0 amide bonds. The van der Waals surface area contributed by atoms with Gasteiger partial charge in [0.1, 0.15) is 11.5 Å². The van der Waals surface area contributed by atoms with Gasteiger partial charge in [-0.05, 0) is 49.4 Å². The van der Waals surface area contributed by atoms with Crippen molar-refractivity contribution in [2.24, 2.45) is 17.8 Å². The largest absolute Gasteiger partial charge is 0.463 e. The van der Waals surface area contributed by atoms with Crippen molar-refractivity contribution < 1.29 is 4.42 Å². The molecule has 3 nitrogen and oxygen atoms in total. The Hall–Kier alpha value is -0.800. The molecule has 2 heterocycles. The Morgan fingerprint density at radius 1 is 1.25 bits per heavy atom. The van der Waals surface area contributed by atoms with E-state index in [0.717, 1.165) is 43.0 Å². The van der Waals surface area contributed by atoms with Gasteiger partial charge in [0.05, 0.1) is 13.1 Å². The van der Waals surface area contributed by atoms with Gasteiger partial charge in [0.15, 0.2) is 0 Å². The molecule has 1 aliphatic rings. The van der Waals surface area contributed by atoms with Gasteiger partial charge in [0.25, 0.3) is 0 Å². The fourth-order valence-electron chi connectivity index (χ4n) is 2.80. The van der Waals surface area contributed by atoms with Gasteiger partial charge in [-0.1, -0.05) is 27.7 Å². The summed E-state index contributed by atoms with van der Waals surface area (Å²) < 4.78 is 5.93. The summed E-state index contributed by atoms with van der Waals surface area (Å²) in [5.41, 5.74) is 0. The van der Waals surface area contributed by atoms with E-state index >= 15 is 0 Å². The number of piperidine rings is 1. The highest BCUT2D eigenvalue weighted by atomic mass is 16.3. The van der Waals surface area contributed by atoms with Crippen molar-refractivity contribution >= 4 is 0 Å². The van der Waals surface area contributed by atoms with Crippen LogP contribution in [0.15, 0.2) is 16.5 Å². The van der Waals surface area contributed by atoms with E-state index in [-0.39, 0.29) is 0 Å². The zero-order chi connectivity index (χ0) is 14.5. The van der Waals surface area contributed by atoms with Crippen LogP contribution in [0.1, 0.15) is 45.6 Å². The van der Waals surface area contributed by atoms with Crippen LogP contribution in [0.4, 0.5) is 0 Å². The fraction of sp³-hybridized carbons (Fsp3) is 0.765. The number of nitrogens with one attached hydrogen (secondary N) is 1. The Morgan fingerprint density at radius 2 is 2.00 bits per heavy atom. The molecular formula is C17H30N2O. The van der Waals surface area contributed by atoms with Crippen molar-refractivity contribution in [3.05, 3.63) is 23.7 Å². The van der Waals surface area contributed by atoms with E-state index in [1.807, 2.05) is 0 Å². The standard InChI is InChI=1S/C17H30N2O/c1-13(2)9-18-10-16-5-6-17(20-16)12-19-8-7-14(3)15(4)11-19/h5-6,13-15,18H,7-12H2,1-4H3. The molecule has 0 saturated carbocycles. The van der Waals surface area contributed by atoms with Crippen molar-refractivity contribution in [1.29, 1.82) is 0 Å². The first-order valence-corrected chi connectivity index (χ1v) is 8.05. The highest BCUT2D eigenvalue weighted by molar-refractivity contribution is 5.07. The van der Waals surface area contributed by atoms with Crippen molar-refractivity contribution in [1.82, 2.24) is 10.2 Å². The lowest BCUT2D eigenvalue weighted by atomic mass is 9.89. The minimum atomic E-state index is 0.682. The lowest BCUT2D eigenvalue weighted by Crippen LogP contribution is -2.37. The monoisotopic (exact) mass is 278 g/mol. The van der Waals surface area contributed by atoms with Gasteiger partial charge in [0, 0.05) is 6.54 Å². The minimum absolute atomic E-state index is 0.682. The Morgan fingerprint density at radius 3 is 2.70 bits per heavy atom. The zero-order valence-corrected chi connectivity index (χ0v) is 13.5. The maximum Gasteiger partial charge on any atom is 0.118 e. The van der Waals surface area contributed by atoms with E-state index in [9.17, 15) is 0 Å². The quantitative estimate of drug-likeness (QED) is 0.863. The molecule has 2 unspecified atom stereocenters. The summed E-state index contributed by atoms with van der Waals surface area (Å²) in [6, 6.07) is 4.24. The summed E-state index contributed by atoms with van der Waals surface area (Å²) >= 11 is 0. The van der Waals surface area contributed by atoms with Gasteiger partial charge < -0.3 is 9.73 Å². The van der Waals surface area contributed by atoms with Crippen molar-refractivity contribution in [2.75, 3.05) is 19.6 Å². The normalized spacial score (nSPS) is 24.4. The molecule has 0 radical (unpaired) electrons. The Bertz CT molecular complexity index is 399. The predicted molar refractivity (Wildman–Crippen MR) is 83.5 cm³/mol. The van der Waals surface area contributed by atoms with Gasteiger partial charge >= 0.3 is 0 Å². The maximum atomic E-state index is 5.93. The van der Waals surface area contributed by atoms with Crippen LogP contribution in [-0.4, -0.2) is 24.5 Å². The van der Waals surface area contributed by atoms with E-state index in [4.69, 9.17) is 4.42 Å². The molecule has 2 atom stereocenters. The Balaban J connectivity index is 1.78. The maximum absolute atomic E-state index is 5.93. The number of furan rings is 1. The number of likely N-dealkylation sites (tertiary alicyclic amines) is 1. The molecular weight excluding hydrogens is 248 g/mol. The first kappa shape index (κ1) is 15.6. The van der Waals surface area contributed by atoms with Gasteiger partial charge in [-0.15, -0.1) is 0 Å². The van der Waals surface area contributed by atoms with Crippen molar-refractivity contribution in [3.8, 4) is 0 Å². The SMILES string of the molecule is CC(C)CNCc1ccc(CN2CCC(C)C(C)C2)o1. The molecule has 2 rings (SSSR count). The van der Waals surface area contributed by atoms with E-state index in [1.54, 1.807) is 0 Å². The second kappa shape index (κ2) is 7.28. The van der Waals surface area contributed by atoms with Crippen LogP contribution in [0.3, 0.4) is 0 Å². The Labute approximate surface area is 123 Å². The third-order valence-corrected chi connectivity index (χ3v) is 4.37. The number of hydrogen-bond donors (Lipinski definition) is 1. The molecule has 0 spiro atoms. The summed E-state index contributed by atoms with van der Waals surface area (Å²) in [4.78, 5) is 2.52. The highest BCUT2D eigenvalue weighted by Gasteiger charge is 2.23. The first-order chi connectivity index (χ1) is 9.54. The average molecular weight is 278 g/mol. The van der Waals surface area contributed by atoms with E-state index in [2.05, 4.69) is 50.0 Å². The molecule has 1 saturated heterocycles. The number of rotatable bonds is 6. The summed E-state index contributed by atoms with van der Waals surface area (Å²) in [6.07, 6.45) is 1.31. The second-order valence-electron chi connectivity index (χ2n) is 6.87. The van der Waals surface area contributed by atoms with Crippen LogP contribution in [0.5, 0.6) is 0 Å². The van der Waals surface area contributed by atoms with Crippen LogP contribution in [-0.2, 0) is 13.1 Å². The summed E-state index contributed by atoms with van der Waals surface area (Å²) in [6.45, 7) is 14.4. The van der Waals surface area contributed by atoms with Gasteiger partial charge in [0.2, 0.25) is 0 Å². The average Bonchev–Trinajstić information content (AvgIpc) is 2.81. The van der Waals surface area contributed by atoms with Gasteiger partial charge in [-0.25, -0.2) is 0 Å². The molecule has 1 aromatic heterocycles. The topological polar surface area (TPSA) is 28.4 Å². The van der Waals surface area contributed by atoms with Crippen LogP contribution < -0.4 is 5.32 Å². The molecule has 0 bridgehead atoms. The predicted octanol–water partition coefficient (Wildman–Crippen LogP) is 3.50. The van der Waals surface area contributed by atoms with Gasteiger partial charge in [-0.3, -0.25) is 4.90 Å². The van der Waals surface area contributed by atoms with E-state index in [1.165, 1.54) is 19.5 Å². The fourth-order valence-corrected chi connectivity index (χ4v) is 2.80. The van der Waals surface area contributed by atoms with Crippen LogP contribution in [0.25, 0.3) is 0 Å². The lowest BCUT2D eigenvalue weighted by Gasteiger charge is -2.34. The summed E-state index contributed by atoms with van der Waals surface area (Å²) in [5.74, 6) is 4.50. The van der Waals surface area contributed by atoms with Crippen LogP contribution in [0.2, 0.25) is 0 Å². The number of hydrogen-bond acceptors (Lipinski definition) is 3. The molecule has 114 valence electrons.